The average molecular weight is 249 g/mol. The van der Waals surface area contributed by atoms with Gasteiger partial charge in [-0.05, 0) is 45.4 Å². The lowest BCUT2D eigenvalue weighted by Crippen LogP contribution is -2.42. The van der Waals surface area contributed by atoms with E-state index in [1.807, 2.05) is 0 Å². The van der Waals surface area contributed by atoms with E-state index in [1.54, 1.807) is 20.9 Å². The van der Waals surface area contributed by atoms with Gasteiger partial charge < -0.3 is 5.11 Å². The number of nitrogens with zero attached hydrogens (tertiary/aromatic N) is 1. The minimum Gasteiger partial charge on any atom is -0.396 e. The molecule has 0 amide bonds. The number of aliphatic hydroxyl groups is 1. The molecule has 0 spiro atoms. The lowest BCUT2D eigenvalue weighted by atomic mass is 9.87. The maximum absolute atomic E-state index is 12.0. The Morgan fingerprint density at radius 2 is 1.75 bits per heavy atom. The van der Waals surface area contributed by atoms with E-state index in [4.69, 9.17) is 5.11 Å². The van der Waals surface area contributed by atoms with E-state index in [9.17, 15) is 8.42 Å². The Morgan fingerprint density at radius 1 is 1.25 bits per heavy atom. The molecular weight excluding hydrogens is 226 g/mol. The van der Waals surface area contributed by atoms with Crippen LogP contribution in [0.2, 0.25) is 0 Å². The van der Waals surface area contributed by atoms with Crippen LogP contribution in [0.5, 0.6) is 0 Å². The van der Waals surface area contributed by atoms with Crippen LogP contribution in [0.1, 0.15) is 39.5 Å². The van der Waals surface area contributed by atoms with Gasteiger partial charge >= 0.3 is 0 Å². The molecule has 1 N–H and O–H groups in total. The van der Waals surface area contributed by atoms with Crippen molar-refractivity contribution in [3.8, 4) is 0 Å². The van der Waals surface area contributed by atoms with Gasteiger partial charge in [-0.2, -0.15) is 0 Å². The molecule has 1 rings (SSSR count). The van der Waals surface area contributed by atoms with Crippen molar-refractivity contribution in [1.82, 2.24) is 4.31 Å². The van der Waals surface area contributed by atoms with E-state index >= 15 is 0 Å². The van der Waals surface area contributed by atoms with Gasteiger partial charge in [-0.1, -0.05) is 0 Å². The van der Waals surface area contributed by atoms with Crippen LogP contribution in [-0.2, 0) is 10.0 Å². The number of sulfonamides is 1. The molecule has 1 aliphatic rings. The highest BCUT2D eigenvalue weighted by molar-refractivity contribution is 7.89. The summed E-state index contributed by atoms with van der Waals surface area (Å²) in [7, 11) is -1.45. The zero-order valence-electron chi connectivity index (χ0n) is 10.4. The van der Waals surface area contributed by atoms with Crippen molar-refractivity contribution in [1.29, 1.82) is 0 Å². The number of hydrogen-bond acceptors (Lipinski definition) is 3. The second-order valence-electron chi connectivity index (χ2n) is 4.97. The molecule has 5 heteroatoms. The molecular formula is C11H23NO3S. The summed E-state index contributed by atoms with van der Waals surface area (Å²) < 4.78 is 25.4. The topological polar surface area (TPSA) is 57.6 Å². The van der Waals surface area contributed by atoms with Crippen molar-refractivity contribution in [3.05, 3.63) is 0 Å². The molecule has 0 unspecified atom stereocenters. The number of rotatable bonds is 4. The summed E-state index contributed by atoms with van der Waals surface area (Å²) in [5.41, 5.74) is 0. The van der Waals surface area contributed by atoms with Crippen LogP contribution in [-0.4, -0.2) is 42.8 Å². The Balaban J connectivity index is 2.60. The molecule has 16 heavy (non-hydrogen) atoms. The van der Waals surface area contributed by atoms with Gasteiger partial charge in [0.1, 0.15) is 0 Å². The fourth-order valence-corrected chi connectivity index (χ4v) is 3.52. The highest BCUT2D eigenvalue weighted by Gasteiger charge is 2.31. The highest BCUT2D eigenvalue weighted by Crippen LogP contribution is 2.28. The molecule has 0 atom stereocenters. The van der Waals surface area contributed by atoms with E-state index in [2.05, 4.69) is 0 Å². The Labute approximate surface area is 98.7 Å². The fraction of sp³-hybridized carbons (Fsp3) is 1.00. The van der Waals surface area contributed by atoms with Crippen LogP contribution in [0.15, 0.2) is 0 Å². The minimum absolute atomic E-state index is 0.121. The quantitative estimate of drug-likeness (QED) is 0.814. The van der Waals surface area contributed by atoms with E-state index in [-0.39, 0.29) is 17.9 Å². The van der Waals surface area contributed by atoms with Crippen molar-refractivity contribution in [2.24, 2.45) is 5.92 Å². The number of hydrogen-bond donors (Lipinski definition) is 1. The van der Waals surface area contributed by atoms with Gasteiger partial charge in [0, 0.05) is 19.7 Å². The summed E-state index contributed by atoms with van der Waals surface area (Å²) >= 11 is 0. The first-order chi connectivity index (χ1) is 7.39. The minimum atomic E-state index is -3.13. The second-order valence-corrected chi connectivity index (χ2v) is 7.52. The Bertz CT molecular complexity index is 305. The zero-order chi connectivity index (χ0) is 12.3. The lowest BCUT2D eigenvalue weighted by Gasteiger charge is -2.34. The monoisotopic (exact) mass is 249 g/mol. The van der Waals surface area contributed by atoms with Crippen molar-refractivity contribution < 1.29 is 13.5 Å². The molecule has 0 saturated heterocycles. The van der Waals surface area contributed by atoms with Crippen molar-refractivity contribution in [3.63, 3.8) is 0 Å². The summed E-state index contributed by atoms with van der Waals surface area (Å²) in [6.45, 7) is 3.66. The largest absolute Gasteiger partial charge is 0.396 e. The van der Waals surface area contributed by atoms with Gasteiger partial charge in [0.05, 0.1) is 5.25 Å². The Kier molecular flexibility index (Phi) is 4.76. The molecule has 0 aromatic heterocycles. The van der Waals surface area contributed by atoms with Gasteiger partial charge in [-0.25, -0.2) is 12.7 Å². The molecule has 0 bridgehead atoms. The first-order valence-corrected chi connectivity index (χ1v) is 7.47. The molecule has 0 radical (unpaired) electrons. The van der Waals surface area contributed by atoms with E-state index < -0.39 is 10.0 Å². The maximum atomic E-state index is 12.0. The first-order valence-electron chi connectivity index (χ1n) is 5.97. The lowest BCUT2D eigenvalue weighted by molar-refractivity contribution is 0.159. The normalized spacial score (nSPS) is 27.6. The SMILES string of the molecule is CC(C)S(=O)(=O)N(C)C1CCC(CO)CC1. The summed E-state index contributed by atoms with van der Waals surface area (Å²) in [5.74, 6) is 0.367. The first kappa shape index (κ1) is 13.9. The maximum Gasteiger partial charge on any atom is 0.216 e. The zero-order valence-corrected chi connectivity index (χ0v) is 11.2. The second kappa shape index (κ2) is 5.47. The molecule has 4 nitrogen and oxygen atoms in total. The molecule has 1 saturated carbocycles. The van der Waals surface area contributed by atoms with E-state index in [0.717, 1.165) is 25.7 Å². The summed E-state index contributed by atoms with van der Waals surface area (Å²) in [6, 6.07) is 0.121. The molecule has 96 valence electrons. The van der Waals surface area contributed by atoms with Crippen molar-refractivity contribution >= 4 is 10.0 Å². The van der Waals surface area contributed by atoms with Crippen LogP contribution in [0.3, 0.4) is 0 Å². The van der Waals surface area contributed by atoms with E-state index in [0.29, 0.717) is 5.92 Å². The third kappa shape index (κ3) is 2.96. The van der Waals surface area contributed by atoms with Crippen LogP contribution in [0.4, 0.5) is 0 Å². The third-order valence-corrected chi connectivity index (χ3v) is 5.88. The number of aliphatic hydroxyl groups excluding tert-OH is 1. The smallest absolute Gasteiger partial charge is 0.216 e. The van der Waals surface area contributed by atoms with Gasteiger partial charge in [0.25, 0.3) is 0 Å². The average Bonchev–Trinajstić information content (AvgIpc) is 2.28. The van der Waals surface area contributed by atoms with Gasteiger partial charge in [0.2, 0.25) is 10.0 Å². The predicted molar refractivity (Wildman–Crippen MR) is 64.7 cm³/mol. The summed E-state index contributed by atoms with van der Waals surface area (Å²) in [6.07, 6.45) is 3.60. The molecule has 1 aliphatic carbocycles. The van der Waals surface area contributed by atoms with Gasteiger partial charge in [0.15, 0.2) is 0 Å². The van der Waals surface area contributed by atoms with Crippen molar-refractivity contribution in [2.45, 2.75) is 50.8 Å². The van der Waals surface area contributed by atoms with E-state index in [1.165, 1.54) is 4.31 Å². The fourth-order valence-electron chi connectivity index (χ4n) is 2.23. The molecule has 0 aromatic carbocycles. The van der Waals surface area contributed by atoms with Crippen molar-refractivity contribution in [2.75, 3.05) is 13.7 Å². The molecule has 0 aliphatic heterocycles. The highest BCUT2D eigenvalue weighted by atomic mass is 32.2. The standard InChI is InChI=1S/C11H23NO3S/c1-9(2)16(14,15)12(3)11-6-4-10(8-13)5-7-11/h9-11,13H,4-8H2,1-3H3. The van der Waals surface area contributed by atoms with Crippen LogP contribution in [0, 0.1) is 5.92 Å². The van der Waals surface area contributed by atoms with Gasteiger partial charge in [-0.3, -0.25) is 0 Å². The summed E-state index contributed by atoms with van der Waals surface area (Å²) in [4.78, 5) is 0. The molecule has 0 heterocycles. The van der Waals surface area contributed by atoms with Crippen LogP contribution >= 0.6 is 0 Å². The van der Waals surface area contributed by atoms with Crippen LogP contribution < -0.4 is 0 Å². The Morgan fingerprint density at radius 3 is 2.12 bits per heavy atom. The Hall–Kier alpha value is -0.130. The van der Waals surface area contributed by atoms with Crippen LogP contribution in [0.25, 0.3) is 0 Å². The third-order valence-electron chi connectivity index (χ3n) is 3.59. The van der Waals surface area contributed by atoms with Gasteiger partial charge in [-0.15, -0.1) is 0 Å². The summed E-state index contributed by atoms with van der Waals surface area (Å²) in [5, 5.41) is 8.68. The molecule has 1 fully saturated rings. The molecule has 0 aromatic rings. The predicted octanol–water partition coefficient (Wildman–Crippen LogP) is 1.21.